The van der Waals surface area contributed by atoms with Crippen LogP contribution in [0, 0.1) is 0 Å². The highest BCUT2D eigenvalue weighted by atomic mass is 16.5. The largest absolute Gasteiger partial charge is 0.467 e. The lowest BCUT2D eigenvalue weighted by Crippen LogP contribution is -2.45. The molecule has 1 aromatic carbocycles. The molecular weight excluding hydrogens is 356 g/mol. The van der Waals surface area contributed by atoms with E-state index in [4.69, 9.17) is 9.15 Å². The zero-order valence-corrected chi connectivity index (χ0v) is 16.0. The molecule has 2 aromatic rings. The highest BCUT2D eigenvalue weighted by Crippen LogP contribution is 2.28. The van der Waals surface area contributed by atoms with Crippen LogP contribution in [0.2, 0.25) is 0 Å². The summed E-state index contributed by atoms with van der Waals surface area (Å²) >= 11 is 0. The SMILES string of the molecule is O=C(CN(C(=O)c1ccccc1)C1CC1)N(Cc1ccco1)CC1CCCO1. The Morgan fingerprint density at radius 2 is 1.86 bits per heavy atom. The van der Waals surface area contributed by atoms with E-state index in [1.54, 1.807) is 28.2 Å². The van der Waals surface area contributed by atoms with Gasteiger partial charge in [-0.25, -0.2) is 0 Å². The first kappa shape index (κ1) is 18.7. The van der Waals surface area contributed by atoms with Gasteiger partial charge >= 0.3 is 0 Å². The molecule has 4 rings (SSSR count). The van der Waals surface area contributed by atoms with Crippen molar-refractivity contribution < 1.29 is 18.7 Å². The van der Waals surface area contributed by atoms with Crippen LogP contribution in [0.5, 0.6) is 0 Å². The Kier molecular flexibility index (Phi) is 5.76. The third-order valence-electron chi connectivity index (χ3n) is 5.30. The zero-order chi connectivity index (χ0) is 19.3. The second-order valence-corrected chi connectivity index (χ2v) is 7.52. The number of ether oxygens (including phenoxy) is 1. The normalized spacial score (nSPS) is 18.8. The van der Waals surface area contributed by atoms with Crippen LogP contribution >= 0.6 is 0 Å². The van der Waals surface area contributed by atoms with Crippen molar-refractivity contribution in [1.29, 1.82) is 0 Å². The maximum absolute atomic E-state index is 13.2. The van der Waals surface area contributed by atoms with Crippen molar-refractivity contribution in [3.8, 4) is 0 Å². The van der Waals surface area contributed by atoms with Crippen LogP contribution in [0.25, 0.3) is 0 Å². The van der Waals surface area contributed by atoms with Gasteiger partial charge in [0.25, 0.3) is 5.91 Å². The van der Waals surface area contributed by atoms with E-state index in [-0.39, 0.29) is 30.5 Å². The van der Waals surface area contributed by atoms with Gasteiger partial charge in [-0.3, -0.25) is 9.59 Å². The molecule has 1 saturated heterocycles. The summed E-state index contributed by atoms with van der Waals surface area (Å²) in [6.45, 7) is 1.75. The van der Waals surface area contributed by atoms with Gasteiger partial charge in [-0.2, -0.15) is 0 Å². The Labute approximate surface area is 165 Å². The molecule has 1 aliphatic carbocycles. The molecule has 0 bridgehead atoms. The summed E-state index contributed by atoms with van der Waals surface area (Å²) in [5, 5.41) is 0. The van der Waals surface area contributed by atoms with Gasteiger partial charge in [-0.05, 0) is 49.9 Å². The maximum atomic E-state index is 13.2. The number of furan rings is 1. The highest BCUT2D eigenvalue weighted by Gasteiger charge is 2.35. The number of rotatable bonds is 8. The number of hydrogen-bond donors (Lipinski definition) is 0. The molecule has 1 atom stereocenters. The summed E-state index contributed by atoms with van der Waals surface area (Å²) in [4.78, 5) is 29.6. The van der Waals surface area contributed by atoms with E-state index >= 15 is 0 Å². The second kappa shape index (κ2) is 8.61. The summed E-state index contributed by atoms with van der Waals surface area (Å²) in [5.74, 6) is 0.591. The van der Waals surface area contributed by atoms with Crippen molar-refractivity contribution >= 4 is 11.8 Å². The molecule has 1 aromatic heterocycles. The van der Waals surface area contributed by atoms with E-state index in [0.717, 1.165) is 38.1 Å². The van der Waals surface area contributed by atoms with Crippen LogP contribution in [0.1, 0.15) is 41.8 Å². The van der Waals surface area contributed by atoms with Gasteiger partial charge in [0.05, 0.1) is 18.9 Å². The molecule has 1 saturated carbocycles. The molecule has 1 aliphatic heterocycles. The van der Waals surface area contributed by atoms with E-state index in [1.807, 2.05) is 30.3 Å². The fourth-order valence-corrected chi connectivity index (χ4v) is 3.62. The Hall–Kier alpha value is -2.60. The number of carbonyl (C=O) groups excluding carboxylic acids is 2. The van der Waals surface area contributed by atoms with Gasteiger partial charge in [0.15, 0.2) is 0 Å². The lowest BCUT2D eigenvalue weighted by molar-refractivity contribution is -0.134. The monoisotopic (exact) mass is 382 g/mol. The third-order valence-corrected chi connectivity index (χ3v) is 5.30. The molecular formula is C22H26N2O4. The van der Waals surface area contributed by atoms with Crippen LogP contribution in [-0.2, 0) is 16.1 Å². The summed E-state index contributed by atoms with van der Waals surface area (Å²) in [6, 6.07) is 13.0. The molecule has 0 N–H and O–H groups in total. The van der Waals surface area contributed by atoms with Gasteiger partial charge in [0.2, 0.25) is 5.91 Å². The number of benzene rings is 1. The Balaban J connectivity index is 1.47. The highest BCUT2D eigenvalue weighted by molar-refractivity contribution is 5.96. The van der Waals surface area contributed by atoms with E-state index < -0.39 is 0 Å². The molecule has 6 heteroatoms. The Bertz CT molecular complexity index is 780. The summed E-state index contributed by atoms with van der Waals surface area (Å²) in [6.07, 6.45) is 5.55. The number of nitrogens with zero attached hydrogens (tertiary/aromatic N) is 2. The molecule has 2 amide bonds. The van der Waals surface area contributed by atoms with Crippen LogP contribution in [0.3, 0.4) is 0 Å². The maximum Gasteiger partial charge on any atom is 0.254 e. The standard InChI is InChI=1S/C22H26N2O4/c25-21(16-24(18-10-11-18)22(26)17-6-2-1-3-7-17)23(14-19-8-4-12-27-19)15-20-9-5-13-28-20/h1-4,6-8,12,18,20H,5,9-11,13-16H2. The van der Waals surface area contributed by atoms with Crippen molar-refractivity contribution in [2.75, 3.05) is 19.7 Å². The first-order valence-corrected chi connectivity index (χ1v) is 9.98. The Morgan fingerprint density at radius 3 is 2.50 bits per heavy atom. The quantitative estimate of drug-likeness (QED) is 0.704. The predicted molar refractivity (Wildman–Crippen MR) is 104 cm³/mol. The minimum absolute atomic E-state index is 0.0538. The molecule has 0 spiro atoms. The Morgan fingerprint density at radius 1 is 1.04 bits per heavy atom. The van der Waals surface area contributed by atoms with Crippen molar-refractivity contribution in [3.63, 3.8) is 0 Å². The topological polar surface area (TPSA) is 63.0 Å². The first-order chi connectivity index (χ1) is 13.7. The fraction of sp³-hybridized carbons (Fsp3) is 0.455. The van der Waals surface area contributed by atoms with Crippen molar-refractivity contribution in [1.82, 2.24) is 9.80 Å². The molecule has 2 heterocycles. The average molecular weight is 382 g/mol. The number of hydrogen-bond acceptors (Lipinski definition) is 4. The zero-order valence-electron chi connectivity index (χ0n) is 16.0. The molecule has 1 unspecified atom stereocenters. The van der Waals surface area contributed by atoms with E-state index in [1.165, 1.54) is 0 Å². The van der Waals surface area contributed by atoms with Crippen LogP contribution in [0.15, 0.2) is 53.1 Å². The molecule has 2 fully saturated rings. The molecule has 6 nitrogen and oxygen atoms in total. The van der Waals surface area contributed by atoms with Gasteiger partial charge in [0.1, 0.15) is 12.3 Å². The fourth-order valence-electron chi connectivity index (χ4n) is 3.62. The summed E-state index contributed by atoms with van der Waals surface area (Å²) in [7, 11) is 0. The van der Waals surface area contributed by atoms with Gasteiger partial charge in [0, 0.05) is 24.8 Å². The van der Waals surface area contributed by atoms with Crippen LogP contribution in [-0.4, -0.2) is 53.5 Å². The minimum atomic E-state index is -0.0773. The average Bonchev–Trinajstić information content (AvgIpc) is 3.18. The lowest BCUT2D eigenvalue weighted by atomic mass is 10.2. The smallest absolute Gasteiger partial charge is 0.254 e. The second-order valence-electron chi connectivity index (χ2n) is 7.52. The van der Waals surface area contributed by atoms with Crippen LogP contribution < -0.4 is 0 Å². The van der Waals surface area contributed by atoms with E-state index in [2.05, 4.69) is 0 Å². The third kappa shape index (κ3) is 4.62. The van der Waals surface area contributed by atoms with Crippen molar-refractivity contribution in [2.45, 2.75) is 44.4 Å². The molecule has 148 valence electrons. The predicted octanol–water partition coefficient (Wildman–Crippen LogP) is 3.09. The molecule has 0 radical (unpaired) electrons. The number of carbonyl (C=O) groups is 2. The van der Waals surface area contributed by atoms with Crippen LogP contribution in [0.4, 0.5) is 0 Å². The minimum Gasteiger partial charge on any atom is -0.467 e. The number of amides is 2. The van der Waals surface area contributed by atoms with Gasteiger partial charge < -0.3 is 19.0 Å². The van der Waals surface area contributed by atoms with E-state index in [0.29, 0.717) is 18.7 Å². The molecule has 2 aliphatic rings. The van der Waals surface area contributed by atoms with Crippen molar-refractivity contribution in [2.24, 2.45) is 0 Å². The molecule has 28 heavy (non-hydrogen) atoms. The van der Waals surface area contributed by atoms with Gasteiger partial charge in [-0.15, -0.1) is 0 Å². The van der Waals surface area contributed by atoms with E-state index in [9.17, 15) is 9.59 Å². The van der Waals surface area contributed by atoms with Gasteiger partial charge in [-0.1, -0.05) is 18.2 Å². The lowest BCUT2D eigenvalue weighted by Gasteiger charge is -2.29. The summed E-state index contributed by atoms with van der Waals surface area (Å²) in [5.41, 5.74) is 0.624. The van der Waals surface area contributed by atoms with Crippen molar-refractivity contribution in [3.05, 3.63) is 60.1 Å². The summed E-state index contributed by atoms with van der Waals surface area (Å²) < 4.78 is 11.2. The first-order valence-electron chi connectivity index (χ1n) is 9.98.